The average Bonchev–Trinajstić information content (AvgIpc) is 2.40. The molecule has 4 nitrogen and oxygen atoms in total. The van der Waals surface area contributed by atoms with E-state index >= 15 is 0 Å². The van der Waals surface area contributed by atoms with E-state index in [1.165, 1.54) is 4.73 Å². The SMILES string of the molecule is Cc1cccc[n+]1OC(=O)OCc1ccccc1. The molecule has 0 N–H and O–H groups in total. The van der Waals surface area contributed by atoms with Crippen LogP contribution in [-0.2, 0) is 11.3 Å². The van der Waals surface area contributed by atoms with Gasteiger partial charge < -0.3 is 4.74 Å². The number of hydrogen-bond donors (Lipinski definition) is 0. The Kier molecular flexibility index (Phi) is 3.91. The van der Waals surface area contributed by atoms with Gasteiger partial charge in [-0.1, -0.05) is 30.3 Å². The van der Waals surface area contributed by atoms with Gasteiger partial charge in [-0.2, -0.15) is 4.79 Å². The lowest BCUT2D eigenvalue weighted by molar-refractivity contribution is -0.874. The zero-order valence-electron chi connectivity index (χ0n) is 10.1. The van der Waals surface area contributed by atoms with E-state index in [2.05, 4.69) is 0 Å². The molecule has 0 aliphatic carbocycles. The highest BCUT2D eigenvalue weighted by molar-refractivity contribution is 5.59. The molecule has 0 spiro atoms. The van der Waals surface area contributed by atoms with E-state index in [9.17, 15) is 4.79 Å². The predicted octanol–water partition coefficient (Wildman–Crippen LogP) is 2.05. The molecule has 18 heavy (non-hydrogen) atoms. The van der Waals surface area contributed by atoms with E-state index in [0.717, 1.165) is 11.3 Å². The molecule has 0 amide bonds. The topological polar surface area (TPSA) is 39.4 Å². The van der Waals surface area contributed by atoms with Crippen LogP contribution in [0.3, 0.4) is 0 Å². The molecule has 0 aliphatic rings. The van der Waals surface area contributed by atoms with Crippen molar-refractivity contribution < 1.29 is 19.1 Å². The number of benzene rings is 1. The summed E-state index contributed by atoms with van der Waals surface area (Å²) >= 11 is 0. The Labute approximate surface area is 105 Å². The van der Waals surface area contributed by atoms with Gasteiger partial charge in [0.1, 0.15) is 6.61 Å². The van der Waals surface area contributed by atoms with Gasteiger partial charge >= 0.3 is 6.16 Å². The fourth-order valence-electron chi connectivity index (χ4n) is 1.44. The summed E-state index contributed by atoms with van der Waals surface area (Å²) in [5.74, 6) is 0. The maximum Gasteiger partial charge on any atom is 0.572 e. The lowest BCUT2D eigenvalue weighted by atomic mass is 10.2. The van der Waals surface area contributed by atoms with E-state index in [1.54, 1.807) is 12.3 Å². The van der Waals surface area contributed by atoms with Crippen LogP contribution in [0, 0.1) is 6.92 Å². The number of pyridine rings is 1. The van der Waals surface area contributed by atoms with E-state index < -0.39 is 6.16 Å². The van der Waals surface area contributed by atoms with Crippen molar-refractivity contribution >= 4 is 6.16 Å². The van der Waals surface area contributed by atoms with Crippen molar-refractivity contribution in [1.82, 2.24) is 0 Å². The maximum atomic E-state index is 11.5. The van der Waals surface area contributed by atoms with Crippen molar-refractivity contribution in [1.29, 1.82) is 0 Å². The first-order valence-corrected chi connectivity index (χ1v) is 5.62. The molecule has 4 heteroatoms. The minimum Gasteiger partial charge on any atom is -0.425 e. The molecule has 92 valence electrons. The predicted molar refractivity (Wildman–Crippen MR) is 64.6 cm³/mol. The maximum absolute atomic E-state index is 11.5. The molecule has 0 atom stereocenters. The number of carbonyl (C=O) groups is 1. The largest absolute Gasteiger partial charge is 0.572 e. The Bertz CT molecular complexity index is 526. The molecule has 0 unspecified atom stereocenters. The molecule has 0 aliphatic heterocycles. The first kappa shape index (κ1) is 12.1. The Hall–Kier alpha value is -2.36. The molecule has 0 fully saturated rings. The quantitative estimate of drug-likeness (QED) is 0.612. The van der Waals surface area contributed by atoms with Gasteiger partial charge in [-0.05, 0) is 11.6 Å². The summed E-state index contributed by atoms with van der Waals surface area (Å²) in [6.07, 6.45) is 0.928. The van der Waals surface area contributed by atoms with E-state index in [1.807, 2.05) is 49.4 Å². The fraction of sp³-hybridized carbons (Fsp3) is 0.143. The van der Waals surface area contributed by atoms with Gasteiger partial charge in [0.05, 0.1) is 0 Å². The second-order valence-electron chi connectivity index (χ2n) is 3.78. The van der Waals surface area contributed by atoms with Gasteiger partial charge in [0.25, 0.3) is 0 Å². The molecule has 0 saturated carbocycles. The Morgan fingerprint density at radius 3 is 2.56 bits per heavy atom. The number of carbonyl (C=O) groups excluding carboxylic acids is 1. The van der Waals surface area contributed by atoms with Crippen molar-refractivity contribution in [2.24, 2.45) is 0 Å². The van der Waals surface area contributed by atoms with Gasteiger partial charge in [-0.3, -0.25) is 0 Å². The summed E-state index contributed by atoms with van der Waals surface area (Å²) in [6, 6.07) is 14.9. The van der Waals surface area contributed by atoms with Crippen molar-refractivity contribution in [3.63, 3.8) is 0 Å². The summed E-state index contributed by atoms with van der Waals surface area (Å²) in [4.78, 5) is 16.5. The van der Waals surface area contributed by atoms with Crippen molar-refractivity contribution in [3.05, 3.63) is 66.0 Å². The molecule has 2 rings (SSSR count). The highest BCUT2D eigenvalue weighted by Crippen LogP contribution is 2.00. The normalized spacial score (nSPS) is 9.83. The zero-order chi connectivity index (χ0) is 12.8. The number of hydrogen-bond acceptors (Lipinski definition) is 3. The van der Waals surface area contributed by atoms with Crippen LogP contribution in [0.5, 0.6) is 0 Å². The number of aromatic nitrogens is 1. The molecular formula is C14H14NO3+. The third-order valence-electron chi connectivity index (χ3n) is 2.39. The van der Waals surface area contributed by atoms with Gasteiger partial charge in [0.2, 0.25) is 11.9 Å². The van der Waals surface area contributed by atoms with E-state index in [0.29, 0.717) is 0 Å². The summed E-state index contributed by atoms with van der Waals surface area (Å²) in [6.45, 7) is 2.04. The second-order valence-corrected chi connectivity index (χ2v) is 3.78. The molecular weight excluding hydrogens is 230 g/mol. The van der Waals surface area contributed by atoms with Crippen LogP contribution in [0.15, 0.2) is 54.7 Å². The molecule has 2 aromatic rings. The third-order valence-corrected chi connectivity index (χ3v) is 2.39. The lowest BCUT2D eigenvalue weighted by Gasteiger charge is -2.02. The van der Waals surface area contributed by atoms with Crippen molar-refractivity contribution in [3.8, 4) is 0 Å². The monoisotopic (exact) mass is 244 g/mol. The Morgan fingerprint density at radius 2 is 1.83 bits per heavy atom. The summed E-state index contributed by atoms with van der Waals surface area (Å²) < 4.78 is 6.37. The second kappa shape index (κ2) is 5.82. The summed E-state index contributed by atoms with van der Waals surface area (Å²) in [7, 11) is 0. The number of rotatable bonds is 3. The van der Waals surface area contributed by atoms with Crippen LogP contribution in [0.1, 0.15) is 11.3 Å². The highest BCUT2D eigenvalue weighted by atomic mass is 16.8. The van der Waals surface area contributed by atoms with Crippen LogP contribution in [-0.4, -0.2) is 6.16 Å². The lowest BCUT2D eigenvalue weighted by Crippen LogP contribution is -2.47. The van der Waals surface area contributed by atoms with Crippen molar-refractivity contribution in [2.45, 2.75) is 13.5 Å². The Balaban J connectivity index is 1.88. The number of aryl methyl sites for hydroxylation is 1. The van der Waals surface area contributed by atoms with Crippen LogP contribution >= 0.6 is 0 Å². The van der Waals surface area contributed by atoms with Crippen LogP contribution in [0.25, 0.3) is 0 Å². The number of nitrogens with zero attached hydrogens (tertiary/aromatic N) is 1. The van der Waals surface area contributed by atoms with E-state index in [-0.39, 0.29) is 6.61 Å². The minimum atomic E-state index is -0.724. The highest BCUT2D eigenvalue weighted by Gasteiger charge is 2.14. The van der Waals surface area contributed by atoms with Gasteiger partial charge in [-0.15, -0.1) is 4.84 Å². The first-order chi connectivity index (χ1) is 8.75. The molecule has 0 radical (unpaired) electrons. The van der Waals surface area contributed by atoms with Crippen LogP contribution < -0.4 is 9.57 Å². The number of ether oxygens (including phenoxy) is 1. The Morgan fingerprint density at radius 1 is 1.11 bits per heavy atom. The third kappa shape index (κ3) is 3.31. The molecule has 1 aromatic heterocycles. The first-order valence-electron chi connectivity index (χ1n) is 5.62. The molecule has 0 bridgehead atoms. The molecule has 1 heterocycles. The zero-order valence-corrected chi connectivity index (χ0v) is 10.1. The minimum absolute atomic E-state index is 0.201. The molecule has 1 aromatic carbocycles. The van der Waals surface area contributed by atoms with Gasteiger partial charge in [-0.25, -0.2) is 0 Å². The van der Waals surface area contributed by atoms with Gasteiger partial charge in [0.15, 0.2) is 0 Å². The fourth-order valence-corrected chi connectivity index (χ4v) is 1.44. The standard InChI is InChI=1S/C14H14NO3/c1-12-7-5-6-10-15(12)18-14(16)17-11-13-8-3-2-4-9-13/h2-10H,11H2,1H3/q+1. The summed E-state index contributed by atoms with van der Waals surface area (Å²) in [5, 5.41) is 0. The smallest absolute Gasteiger partial charge is 0.425 e. The van der Waals surface area contributed by atoms with Crippen molar-refractivity contribution in [2.75, 3.05) is 0 Å². The average molecular weight is 244 g/mol. The summed E-state index contributed by atoms with van der Waals surface area (Å²) in [5.41, 5.74) is 1.73. The van der Waals surface area contributed by atoms with Gasteiger partial charge in [0, 0.05) is 23.8 Å². The van der Waals surface area contributed by atoms with Crippen LogP contribution in [0.2, 0.25) is 0 Å². The molecule has 0 saturated heterocycles. The van der Waals surface area contributed by atoms with E-state index in [4.69, 9.17) is 9.57 Å². The van der Waals surface area contributed by atoms with Crippen LogP contribution in [0.4, 0.5) is 4.79 Å².